The molecule has 1 aliphatic heterocycles. The summed E-state index contributed by atoms with van der Waals surface area (Å²) in [4.78, 5) is 28.6. The molecule has 0 spiro atoms. The lowest BCUT2D eigenvalue weighted by molar-refractivity contribution is -0.137. The van der Waals surface area contributed by atoms with Gasteiger partial charge in [0, 0.05) is 18.7 Å². The van der Waals surface area contributed by atoms with E-state index in [0.717, 1.165) is 49.3 Å². The third-order valence-corrected chi connectivity index (χ3v) is 5.74. The van der Waals surface area contributed by atoms with Crippen LogP contribution in [0.1, 0.15) is 62.2 Å². The van der Waals surface area contributed by atoms with Crippen molar-refractivity contribution >= 4 is 17.5 Å². The zero-order valence-corrected chi connectivity index (χ0v) is 15.9. The maximum Gasteiger partial charge on any atom is 0.226 e. The highest BCUT2D eigenvalue weighted by atomic mass is 16.2. The molecule has 2 fully saturated rings. The zero-order chi connectivity index (χ0) is 18.6. The van der Waals surface area contributed by atoms with E-state index < -0.39 is 0 Å². The largest absolute Gasteiger partial charge is 0.334 e. The number of nitrogens with one attached hydrogen (secondary N) is 1. The van der Waals surface area contributed by atoms with Gasteiger partial charge in [0.1, 0.15) is 11.6 Å². The Kier molecular flexibility index (Phi) is 5.32. The molecule has 0 bridgehead atoms. The lowest BCUT2D eigenvalue weighted by Crippen LogP contribution is -2.36. The Labute approximate surface area is 160 Å². The van der Waals surface area contributed by atoms with Crippen molar-refractivity contribution in [3.05, 3.63) is 42.0 Å². The second-order valence-corrected chi connectivity index (χ2v) is 7.65. The van der Waals surface area contributed by atoms with Gasteiger partial charge in [0.15, 0.2) is 0 Å². The summed E-state index contributed by atoms with van der Waals surface area (Å²) in [6, 6.07) is 3.96. The molecule has 0 aromatic carbocycles. The summed E-state index contributed by atoms with van der Waals surface area (Å²) in [5.74, 6) is 1.97. The molecule has 1 N–H and O–H groups in total. The van der Waals surface area contributed by atoms with Crippen molar-refractivity contribution in [2.45, 2.75) is 57.9 Å². The van der Waals surface area contributed by atoms with E-state index in [4.69, 9.17) is 4.98 Å². The van der Waals surface area contributed by atoms with E-state index in [1.165, 1.54) is 19.3 Å². The van der Waals surface area contributed by atoms with Gasteiger partial charge >= 0.3 is 0 Å². The number of amides is 1. The smallest absolute Gasteiger partial charge is 0.226 e. The predicted octanol–water partition coefficient (Wildman–Crippen LogP) is 4.17. The van der Waals surface area contributed by atoms with Crippen molar-refractivity contribution in [1.29, 1.82) is 0 Å². The normalized spacial score (nSPS) is 20.6. The molecule has 2 aliphatic rings. The van der Waals surface area contributed by atoms with Crippen LogP contribution >= 0.6 is 0 Å². The number of carbonyl (C=O) groups is 1. The maximum atomic E-state index is 13.1. The Morgan fingerprint density at radius 3 is 2.81 bits per heavy atom. The molecule has 2 aromatic rings. The van der Waals surface area contributed by atoms with Crippen LogP contribution in [0.4, 0.5) is 11.6 Å². The molecule has 142 valence electrons. The standard InChI is InChI=1S/C21H27N5O/c1-15-7-5-11-23-20(15)25-19-14-22-13-17(24-19)18-10-6-12-26(18)21(27)16-8-3-2-4-9-16/h5,7,11,13-14,16,18H,2-4,6,8-10,12H2,1H3,(H,23,24,25). The number of aryl methyl sites for hydroxylation is 1. The van der Waals surface area contributed by atoms with Crippen molar-refractivity contribution in [2.75, 3.05) is 11.9 Å². The van der Waals surface area contributed by atoms with Crippen molar-refractivity contribution in [2.24, 2.45) is 5.92 Å². The number of likely N-dealkylation sites (tertiary alicyclic amines) is 1. The van der Waals surface area contributed by atoms with Gasteiger partial charge in [-0.2, -0.15) is 0 Å². The molecule has 1 saturated heterocycles. The van der Waals surface area contributed by atoms with E-state index in [1.807, 2.05) is 19.1 Å². The first-order valence-electron chi connectivity index (χ1n) is 10.0. The first-order valence-corrected chi connectivity index (χ1v) is 10.0. The third kappa shape index (κ3) is 3.94. The van der Waals surface area contributed by atoms with E-state index in [1.54, 1.807) is 18.6 Å². The summed E-state index contributed by atoms with van der Waals surface area (Å²) in [7, 11) is 0. The van der Waals surface area contributed by atoms with Crippen LogP contribution in [0, 0.1) is 12.8 Å². The monoisotopic (exact) mass is 365 g/mol. The number of carbonyl (C=O) groups excluding carboxylic acids is 1. The molecule has 4 rings (SSSR count). The topological polar surface area (TPSA) is 71.0 Å². The lowest BCUT2D eigenvalue weighted by Gasteiger charge is -2.30. The van der Waals surface area contributed by atoms with Crippen molar-refractivity contribution < 1.29 is 4.79 Å². The van der Waals surface area contributed by atoms with Crippen molar-refractivity contribution in [3.8, 4) is 0 Å². The van der Waals surface area contributed by atoms with Gasteiger partial charge in [-0.1, -0.05) is 25.3 Å². The Hall–Kier alpha value is -2.50. The molecule has 3 heterocycles. The molecule has 6 nitrogen and oxygen atoms in total. The molecule has 27 heavy (non-hydrogen) atoms. The van der Waals surface area contributed by atoms with Gasteiger partial charge in [0.2, 0.25) is 5.91 Å². The fourth-order valence-corrected chi connectivity index (χ4v) is 4.26. The molecular formula is C21H27N5O. The first-order chi connectivity index (χ1) is 13.2. The number of nitrogens with zero attached hydrogens (tertiary/aromatic N) is 4. The molecule has 0 radical (unpaired) electrons. The van der Waals surface area contributed by atoms with Crippen LogP contribution < -0.4 is 5.32 Å². The zero-order valence-electron chi connectivity index (χ0n) is 15.9. The number of pyridine rings is 1. The summed E-state index contributed by atoms with van der Waals surface area (Å²) in [5.41, 5.74) is 1.93. The van der Waals surface area contributed by atoms with Crippen LogP contribution in [0.15, 0.2) is 30.7 Å². The van der Waals surface area contributed by atoms with Crippen LogP contribution in [0.2, 0.25) is 0 Å². The van der Waals surface area contributed by atoms with Crippen LogP contribution in [0.5, 0.6) is 0 Å². The van der Waals surface area contributed by atoms with Gasteiger partial charge in [0.25, 0.3) is 0 Å². The maximum absolute atomic E-state index is 13.1. The summed E-state index contributed by atoms with van der Waals surface area (Å²) in [5, 5.41) is 3.26. The van der Waals surface area contributed by atoms with Gasteiger partial charge in [-0.15, -0.1) is 0 Å². The molecule has 1 saturated carbocycles. The van der Waals surface area contributed by atoms with Gasteiger partial charge in [0.05, 0.1) is 24.1 Å². The van der Waals surface area contributed by atoms with Crippen LogP contribution in [-0.2, 0) is 4.79 Å². The Bertz CT molecular complexity index is 803. The molecule has 1 amide bonds. The van der Waals surface area contributed by atoms with E-state index in [2.05, 4.69) is 20.2 Å². The molecule has 6 heteroatoms. The predicted molar refractivity (Wildman–Crippen MR) is 105 cm³/mol. The highest BCUT2D eigenvalue weighted by molar-refractivity contribution is 5.79. The van der Waals surface area contributed by atoms with E-state index in [9.17, 15) is 4.79 Å². The van der Waals surface area contributed by atoms with Crippen LogP contribution in [0.3, 0.4) is 0 Å². The summed E-state index contributed by atoms with van der Waals surface area (Å²) < 4.78 is 0. The second-order valence-electron chi connectivity index (χ2n) is 7.65. The molecule has 1 aliphatic carbocycles. The number of aromatic nitrogens is 3. The third-order valence-electron chi connectivity index (χ3n) is 5.74. The van der Waals surface area contributed by atoms with Crippen molar-refractivity contribution in [1.82, 2.24) is 19.9 Å². The summed E-state index contributed by atoms with van der Waals surface area (Å²) >= 11 is 0. The fourth-order valence-electron chi connectivity index (χ4n) is 4.26. The number of anilines is 2. The Morgan fingerprint density at radius 1 is 1.15 bits per heavy atom. The average Bonchev–Trinajstić information content (AvgIpc) is 3.20. The Morgan fingerprint density at radius 2 is 2.00 bits per heavy atom. The SMILES string of the molecule is Cc1cccnc1Nc1cncc(C2CCCN2C(=O)C2CCCCC2)n1. The summed E-state index contributed by atoms with van der Waals surface area (Å²) in [6.45, 7) is 2.84. The van der Waals surface area contributed by atoms with Gasteiger partial charge in [-0.3, -0.25) is 9.78 Å². The second kappa shape index (κ2) is 8.03. The molecule has 2 aromatic heterocycles. The molecular weight excluding hydrogens is 338 g/mol. The minimum atomic E-state index is 0.0403. The minimum Gasteiger partial charge on any atom is -0.334 e. The van der Waals surface area contributed by atoms with E-state index >= 15 is 0 Å². The van der Waals surface area contributed by atoms with E-state index in [0.29, 0.717) is 11.7 Å². The highest BCUT2D eigenvalue weighted by Gasteiger charge is 2.35. The van der Waals surface area contributed by atoms with Crippen molar-refractivity contribution in [3.63, 3.8) is 0 Å². The fraction of sp³-hybridized carbons (Fsp3) is 0.524. The average molecular weight is 365 g/mol. The quantitative estimate of drug-likeness (QED) is 0.880. The minimum absolute atomic E-state index is 0.0403. The van der Waals surface area contributed by atoms with Gasteiger partial charge in [-0.05, 0) is 44.2 Å². The van der Waals surface area contributed by atoms with Gasteiger partial charge < -0.3 is 10.2 Å². The first kappa shape index (κ1) is 17.9. The highest BCUT2D eigenvalue weighted by Crippen LogP contribution is 2.35. The summed E-state index contributed by atoms with van der Waals surface area (Å²) in [6.07, 6.45) is 12.9. The van der Waals surface area contributed by atoms with Gasteiger partial charge in [-0.25, -0.2) is 9.97 Å². The molecule has 1 atom stereocenters. The number of hydrogen-bond acceptors (Lipinski definition) is 5. The number of hydrogen-bond donors (Lipinski definition) is 1. The number of rotatable bonds is 4. The van der Waals surface area contributed by atoms with Crippen LogP contribution in [-0.4, -0.2) is 32.3 Å². The van der Waals surface area contributed by atoms with Crippen LogP contribution in [0.25, 0.3) is 0 Å². The Balaban J connectivity index is 1.52. The van der Waals surface area contributed by atoms with E-state index in [-0.39, 0.29) is 12.0 Å². The molecule has 1 unspecified atom stereocenters. The lowest BCUT2D eigenvalue weighted by atomic mass is 9.88.